The van der Waals surface area contributed by atoms with Gasteiger partial charge in [-0.25, -0.2) is 9.67 Å². The lowest BCUT2D eigenvalue weighted by molar-refractivity contribution is 0.103. The van der Waals surface area contributed by atoms with Gasteiger partial charge in [-0.2, -0.15) is 5.10 Å². The second-order valence-corrected chi connectivity index (χ2v) is 12.2. The molecule has 2 aliphatic rings. The normalized spacial score (nSPS) is 15.4. The van der Waals surface area contributed by atoms with E-state index in [9.17, 15) is 9.59 Å². The number of piperazine rings is 1. The second kappa shape index (κ2) is 12.1. The molecule has 0 spiro atoms. The van der Waals surface area contributed by atoms with Gasteiger partial charge in [0, 0.05) is 49.4 Å². The predicted molar refractivity (Wildman–Crippen MR) is 170 cm³/mol. The summed E-state index contributed by atoms with van der Waals surface area (Å²) < 4.78 is 1.33. The summed E-state index contributed by atoms with van der Waals surface area (Å²) in [6.07, 6.45) is 6.35. The Morgan fingerprint density at radius 3 is 2.57 bits per heavy atom. The van der Waals surface area contributed by atoms with Crippen molar-refractivity contribution in [3.05, 3.63) is 79.9 Å². The molecule has 10 heteroatoms. The molecule has 0 radical (unpaired) electrons. The molecule has 1 aromatic carbocycles. The Morgan fingerprint density at radius 1 is 1.02 bits per heavy atom. The van der Waals surface area contributed by atoms with Crippen molar-refractivity contribution in [1.82, 2.24) is 19.7 Å². The molecule has 2 N–H and O–H groups in total. The maximum atomic E-state index is 13.2. The van der Waals surface area contributed by atoms with Crippen LogP contribution < -0.4 is 21.1 Å². The van der Waals surface area contributed by atoms with Gasteiger partial charge < -0.3 is 20.4 Å². The number of nitrogens with zero attached hydrogens (tertiary/aromatic N) is 5. The molecule has 1 saturated heterocycles. The smallest absolute Gasteiger partial charge is 0.290 e. The van der Waals surface area contributed by atoms with Crippen LogP contribution in [0, 0.1) is 6.92 Å². The number of hydrogen-bond acceptors (Lipinski definition) is 8. The Morgan fingerprint density at radius 2 is 1.83 bits per heavy atom. The monoisotopic (exact) mass is 583 g/mol. The third kappa shape index (κ3) is 5.82. The topological polar surface area (TPSA) is 95.4 Å². The van der Waals surface area contributed by atoms with E-state index in [0.717, 1.165) is 72.9 Å². The summed E-state index contributed by atoms with van der Waals surface area (Å²) in [6, 6.07) is 13.5. The zero-order valence-electron chi connectivity index (χ0n) is 24.4. The van der Waals surface area contributed by atoms with Crippen molar-refractivity contribution in [3.63, 3.8) is 0 Å². The van der Waals surface area contributed by atoms with Gasteiger partial charge in [0.25, 0.3) is 11.5 Å². The minimum Gasteiger partial charge on any atom is -0.368 e. The van der Waals surface area contributed by atoms with E-state index in [0.29, 0.717) is 17.2 Å². The Bertz CT molecular complexity index is 1630. The average Bonchev–Trinajstić information content (AvgIpc) is 3.46. The number of aryl methyl sites for hydroxylation is 3. The zero-order valence-corrected chi connectivity index (χ0v) is 25.3. The lowest BCUT2D eigenvalue weighted by atomic mass is 9.99. The van der Waals surface area contributed by atoms with Gasteiger partial charge in [0.1, 0.15) is 11.5 Å². The summed E-state index contributed by atoms with van der Waals surface area (Å²) in [6.45, 7) is 9.28. The van der Waals surface area contributed by atoms with Gasteiger partial charge in [0.15, 0.2) is 0 Å². The van der Waals surface area contributed by atoms with Gasteiger partial charge in [-0.1, -0.05) is 19.1 Å². The summed E-state index contributed by atoms with van der Waals surface area (Å²) >= 11 is 1.60. The fourth-order valence-corrected chi connectivity index (χ4v) is 6.92. The van der Waals surface area contributed by atoms with Crippen LogP contribution in [-0.4, -0.2) is 58.3 Å². The predicted octanol–water partition coefficient (Wildman–Crippen LogP) is 5.23. The van der Waals surface area contributed by atoms with Crippen molar-refractivity contribution in [2.45, 2.75) is 39.5 Å². The van der Waals surface area contributed by atoms with Crippen LogP contribution in [0.2, 0.25) is 0 Å². The minimum absolute atomic E-state index is 0.0906. The molecule has 0 unspecified atom stereocenters. The van der Waals surface area contributed by atoms with Crippen molar-refractivity contribution < 1.29 is 4.79 Å². The van der Waals surface area contributed by atoms with Crippen molar-refractivity contribution in [3.8, 4) is 11.3 Å². The number of carbonyl (C=O) groups is 1. The van der Waals surface area contributed by atoms with E-state index in [2.05, 4.69) is 37.4 Å². The number of benzene rings is 1. The number of nitrogens with one attached hydrogen (secondary N) is 2. The van der Waals surface area contributed by atoms with E-state index in [-0.39, 0.29) is 11.5 Å². The molecular weight excluding hydrogens is 546 g/mol. The first-order chi connectivity index (χ1) is 20.4. The number of thiophene rings is 1. The zero-order chi connectivity index (χ0) is 29.2. The highest BCUT2D eigenvalue weighted by molar-refractivity contribution is 7.14. The van der Waals surface area contributed by atoms with E-state index < -0.39 is 0 Å². The maximum Gasteiger partial charge on any atom is 0.290 e. The van der Waals surface area contributed by atoms with Crippen molar-refractivity contribution in [1.29, 1.82) is 0 Å². The van der Waals surface area contributed by atoms with E-state index >= 15 is 0 Å². The van der Waals surface area contributed by atoms with Crippen LogP contribution >= 0.6 is 11.3 Å². The molecule has 0 bridgehead atoms. The molecule has 1 fully saturated rings. The molecule has 0 atom stereocenters. The van der Waals surface area contributed by atoms with Crippen molar-refractivity contribution in [2.24, 2.45) is 7.05 Å². The van der Waals surface area contributed by atoms with Crippen LogP contribution in [0.5, 0.6) is 0 Å². The summed E-state index contributed by atoms with van der Waals surface area (Å²) in [5.41, 5.74) is 5.62. The van der Waals surface area contributed by atoms with Crippen LogP contribution in [0.4, 0.5) is 22.9 Å². The van der Waals surface area contributed by atoms with Gasteiger partial charge in [0.05, 0.1) is 22.5 Å². The standard InChI is InChI=1S/C32H37N7O2S/c1-4-38-14-16-39(17-15-38)23-12-13-30(33-20-23)34-27-19-26(36-37(3)32(27)41)24-9-7-10-25(21(24)2)35-31(40)29-18-22-8-5-6-11-28(22)42-29/h7,9-10,12-13,18-20H,4-6,8,11,14-17H2,1-3H3,(H,33,34)(H,35,40). The fraction of sp³-hybridized carbons (Fsp3) is 0.375. The second-order valence-electron chi connectivity index (χ2n) is 11.0. The number of likely N-dealkylation sites (N-methyl/N-ethyl adjacent to an activating group) is 1. The van der Waals surface area contributed by atoms with Crippen LogP contribution in [0.25, 0.3) is 11.3 Å². The van der Waals surface area contributed by atoms with E-state index in [4.69, 9.17) is 0 Å². The van der Waals surface area contributed by atoms with Gasteiger partial charge in [0.2, 0.25) is 0 Å². The van der Waals surface area contributed by atoms with Crippen LogP contribution in [0.15, 0.2) is 53.5 Å². The number of carbonyl (C=O) groups excluding carboxylic acids is 1. The van der Waals surface area contributed by atoms with Gasteiger partial charge in [-0.3, -0.25) is 9.59 Å². The number of fused-ring (bicyclic) bond motifs is 1. The van der Waals surface area contributed by atoms with Crippen LogP contribution in [-0.2, 0) is 19.9 Å². The number of hydrogen-bond donors (Lipinski definition) is 2. The highest BCUT2D eigenvalue weighted by Crippen LogP contribution is 2.32. The molecule has 4 heterocycles. The SMILES string of the molecule is CCN1CCN(c2ccc(Nc3cc(-c4cccc(NC(=O)c5cc6c(s5)CCCC6)c4C)nn(C)c3=O)nc2)CC1. The van der Waals surface area contributed by atoms with Gasteiger partial charge in [-0.05, 0) is 80.6 Å². The largest absolute Gasteiger partial charge is 0.368 e. The minimum atomic E-state index is -0.246. The number of anilines is 4. The third-order valence-corrected chi connectivity index (χ3v) is 9.57. The Kier molecular flexibility index (Phi) is 8.08. The molecule has 9 nitrogen and oxygen atoms in total. The average molecular weight is 584 g/mol. The highest BCUT2D eigenvalue weighted by Gasteiger charge is 2.20. The Balaban J connectivity index is 1.20. The first kappa shape index (κ1) is 28.1. The van der Waals surface area contributed by atoms with Gasteiger partial charge in [-0.15, -0.1) is 11.3 Å². The first-order valence-corrected chi connectivity index (χ1v) is 15.5. The molecule has 4 aromatic rings. The van der Waals surface area contributed by atoms with Gasteiger partial charge >= 0.3 is 0 Å². The van der Waals surface area contributed by atoms with Crippen molar-refractivity contribution >= 4 is 40.1 Å². The quantitative estimate of drug-likeness (QED) is 0.308. The van der Waals surface area contributed by atoms with E-state index in [1.165, 1.54) is 28.0 Å². The number of rotatable bonds is 7. The lowest BCUT2D eigenvalue weighted by Gasteiger charge is -2.35. The summed E-state index contributed by atoms with van der Waals surface area (Å²) in [7, 11) is 1.64. The molecule has 6 rings (SSSR count). The van der Waals surface area contributed by atoms with Crippen LogP contribution in [0.1, 0.15) is 45.4 Å². The molecule has 42 heavy (non-hydrogen) atoms. The fourth-order valence-electron chi connectivity index (χ4n) is 5.77. The van der Waals surface area contributed by atoms with E-state index in [1.807, 2.05) is 49.5 Å². The summed E-state index contributed by atoms with van der Waals surface area (Å²) in [5, 5.41) is 10.8. The molecule has 0 saturated carbocycles. The Hall–Kier alpha value is -4.02. The summed E-state index contributed by atoms with van der Waals surface area (Å²) in [5.74, 6) is 0.503. The number of aromatic nitrogens is 3. The molecule has 3 aromatic heterocycles. The van der Waals surface area contributed by atoms with Crippen molar-refractivity contribution in [2.75, 3.05) is 48.3 Å². The first-order valence-electron chi connectivity index (χ1n) is 14.7. The molecular formula is C32H37N7O2S. The molecule has 1 aliphatic carbocycles. The number of amides is 1. The lowest BCUT2D eigenvalue weighted by Crippen LogP contribution is -2.46. The number of pyridine rings is 1. The molecule has 1 amide bonds. The highest BCUT2D eigenvalue weighted by atomic mass is 32.1. The summed E-state index contributed by atoms with van der Waals surface area (Å²) in [4.78, 5) is 37.6. The molecule has 218 valence electrons. The Labute approximate surface area is 250 Å². The van der Waals surface area contributed by atoms with Crippen LogP contribution in [0.3, 0.4) is 0 Å². The van der Waals surface area contributed by atoms with E-state index in [1.54, 1.807) is 24.5 Å². The molecule has 1 aliphatic heterocycles. The maximum absolute atomic E-state index is 13.2. The third-order valence-electron chi connectivity index (χ3n) is 8.34.